The molecule has 0 atom stereocenters. The first-order valence-corrected chi connectivity index (χ1v) is 5.38. The molecule has 0 aliphatic heterocycles. The average Bonchev–Trinajstić information content (AvgIpc) is 2.23. The second-order valence-corrected chi connectivity index (χ2v) is 3.23. The number of carbonyl (C=O) groups is 2. The highest BCUT2D eigenvalue weighted by atomic mass is 16.2. The molecule has 2 amide bonds. The molecule has 3 N–H and O–H groups in total. The zero-order valence-electron chi connectivity index (χ0n) is 9.56. The van der Waals surface area contributed by atoms with Gasteiger partial charge in [-0.3, -0.25) is 9.59 Å². The van der Waals surface area contributed by atoms with Crippen molar-refractivity contribution in [2.24, 2.45) is 0 Å². The Bertz CT molecular complexity index is 195. The summed E-state index contributed by atoms with van der Waals surface area (Å²) in [5.41, 5.74) is 0. The topological polar surface area (TPSA) is 70.2 Å². The van der Waals surface area contributed by atoms with E-state index in [1.54, 1.807) is 7.05 Å². The minimum Gasteiger partial charge on any atom is -0.359 e. The van der Waals surface area contributed by atoms with Gasteiger partial charge < -0.3 is 16.0 Å². The summed E-state index contributed by atoms with van der Waals surface area (Å²) < 4.78 is 0. The van der Waals surface area contributed by atoms with E-state index in [2.05, 4.69) is 16.0 Å². The van der Waals surface area contributed by atoms with Crippen LogP contribution in [-0.4, -0.2) is 38.5 Å². The van der Waals surface area contributed by atoms with Crippen LogP contribution in [0.2, 0.25) is 0 Å². The molecule has 0 aromatic carbocycles. The van der Waals surface area contributed by atoms with Crippen molar-refractivity contribution in [3.8, 4) is 0 Å². The van der Waals surface area contributed by atoms with Gasteiger partial charge in [-0.15, -0.1) is 0 Å². The normalized spacial score (nSPS) is 9.73. The number of nitrogens with one attached hydrogen (secondary N) is 3. The van der Waals surface area contributed by atoms with Crippen molar-refractivity contribution >= 4 is 11.8 Å². The standard InChI is InChI=1S/C10H21N3O2/c1-3-13-10(15)6-8-12-7-4-5-9(14)11-2/h12H,3-8H2,1-2H3,(H,11,14)(H,13,15). The molecule has 5 nitrogen and oxygen atoms in total. The molecule has 0 aromatic rings. The van der Waals surface area contributed by atoms with Crippen LogP contribution >= 0.6 is 0 Å². The van der Waals surface area contributed by atoms with Gasteiger partial charge in [-0.1, -0.05) is 0 Å². The van der Waals surface area contributed by atoms with Crippen molar-refractivity contribution in [3.05, 3.63) is 0 Å². The second-order valence-electron chi connectivity index (χ2n) is 3.23. The van der Waals surface area contributed by atoms with Gasteiger partial charge in [0.2, 0.25) is 11.8 Å². The maximum Gasteiger partial charge on any atom is 0.221 e. The highest BCUT2D eigenvalue weighted by Crippen LogP contribution is 1.86. The van der Waals surface area contributed by atoms with Gasteiger partial charge in [-0.05, 0) is 19.9 Å². The van der Waals surface area contributed by atoms with Gasteiger partial charge in [0.15, 0.2) is 0 Å². The molecule has 0 unspecified atom stereocenters. The van der Waals surface area contributed by atoms with E-state index >= 15 is 0 Å². The minimum atomic E-state index is 0.0560. The fraction of sp³-hybridized carbons (Fsp3) is 0.800. The minimum absolute atomic E-state index is 0.0560. The molecule has 0 radical (unpaired) electrons. The summed E-state index contributed by atoms with van der Waals surface area (Å²) >= 11 is 0. The number of hydrogen-bond donors (Lipinski definition) is 3. The largest absolute Gasteiger partial charge is 0.359 e. The maximum absolute atomic E-state index is 11.0. The highest BCUT2D eigenvalue weighted by molar-refractivity contribution is 5.76. The molecule has 0 spiro atoms. The molecule has 0 bridgehead atoms. The van der Waals surface area contributed by atoms with Crippen molar-refractivity contribution in [1.29, 1.82) is 0 Å². The Kier molecular flexibility index (Phi) is 8.76. The molecule has 0 rings (SSSR count). The van der Waals surface area contributed by atoms with E-state index in [-0.39, 0.29) is 11.8 Å². The highest BCUT2D eigenvalue weighted by Gasteiger charge is 1.99. The summed E-state index contributed by atoms with van der Waals surface area (Å²) in [4.78, 5) is 21.8. The Morgan fingerprint density at radius 3 is 2.40 bits per heavy atom. The van der Waals surface area contributed by atoms with Crippen molar-refractivity contribution in [2.45, 2.75) is 26.2 Å². The molecular formula is C10H21N3O2. The predicted molar refractivity (Wildman–Crippen MR) is 59.5 cm³/mol. The Hall–Kier alpha value is -1.10. The summed E-state index contributed by atoms with van der Waals surface area (Å²) in [5.74, 6) is 0.122. The van der Waals surface area contributed by atoms with Crippen molar-refractivity contribution < 1.29 is 9.59 Å². The first kappa shape index (κ1) is 13.9. The van der Waals surface area contributed by atoms with Crippen molar-refractivity contribution in [3.63, 3.8) is 0 Å². The summed E-state index contributed by atoms with van der Waals surface area (Å²) in [5, 5.41) is 8.39. The van der Waals surface area contributed by atoms with E-state index in [9.17, 15) is 9.59 Å². The van der Waals surface area contributed by atoms with E-state index in [4.69, 9.17) is 0 Å². The van der Waals surface area contributed by atoms with Crippen LogP contribution < -0.4 is 16.0 Å². The van der Waals surface area contributed by atoms with Gasteiger partial charge in [0.25, 0.3) is 0 Å². The van der Waals surface area contributed by atoms with Crippen LogP contribution in [0.15, 0.2) is 0 Å². The monoisotopic (exact) mass is 215 g/mol. The van der Waals surface area contributed by atoms with Crippen LogP contribution in [0.4, 0.5) is 0 Å². The van der Waals surface area contributed by atoms with Crippen LogP contribution in [0.25, 0.3) is 0 Å². The molecular weight excluding hydrogens is 194 g/mol. The van der Waals surface area contributed by atoms with Gasteiger partial charge in [0.05, 0.1) is 0 Å². The fourth-order valence-corrected chi connectivity index (χ4v) is 1.11. The summed E-state index contributed by atoms with van der Waals surface area (Å²) in [6.45, 7) is 4.01. The van der Waals surface area contributed by atoms with E-state index in [1.165, 1.54) is 0 Å². The van der Waals surface area contributed by atoms with E-state index in [0.717, 1.165) is 13.0 Å². The molecule has 0 saturated heterocycles. The van der Waals surface area contributed by atoms with Gasteiger partial charge in [0, 0.05) is 33.0 Å². The Labute approximate surface area is 91.0 Å². The first-order valence-electron chi connectivity index (χ1n) is 5.38. The van der Waals surface area contributed by atoms with E-state index in [0.29, 0.717) is 25.9 Å². The summed E-state index contributed by atoms with van der Waals surface area (Å²) in [6, 6.07) is 0. The summed E-state index contributed by atoms with van der Waals surface area (Å²) in [7, 11) is 1.63. The SMILES string of the molecule is CCNC(=O)CCNCCCC(=O)NC. The number of rotatable bonds is 8. The zero-order chi connectivity index (χ0) is 11.5. The molecule has 0 aliphatic carbocycles. The van der Waals surface area contributed by atoms with Gasteiger partial charge >= 0.3 is 0 Å². The molecule has 0 aliphatic rings. The average molecular weight is 215 g/mol. The third-order valence-corrected chi connectivity index (χ3v) is 1.94. The molecule has 5 heteroatoms. The van der Waals surface area contributed by atoms with Crippen LogP contribution in [0.1, 0.15) is 26.2 Å². The van der Waals surface area contributed by atoms with E-state index < -0.39 is 0 Å². The lowest BCUT2D eigenvalue weighted by molar-refractivity contribution is -0.121. The van der Waals surface area contributed by atoms with Crippen molar-refractivity contribution in [2.75, 3.05) is 26.7 Å². The third kappa shape index (κ3) is 9.21. The maximum atomic E-state index is 11.0. The molecule has 15 heavy (non-hydrogen) atoms. The number of hydrogen-bond acceptors (Lipinski definition) is 3. The fourth-order valence-electron chi connectivity index (χ4n) is 1.11. The number of carbonyl (C=O) groups excluding carboxylic acids is 2. The summed E-state index contributed by atoms with van der Waals surface area (Å²) in [6.07, 6.45) is 1.83. The lowest BCUT2D eigenvalue weighted by Crippen LogP contribution is -2.28. The Balaban J connectivity index is 3.18. The Morgan fingerprint density at radius 2 is 1.80 bits per heavy atom. The smallest absolute Gasteiger partial charge is 0.221 e. The number of amides is 2. The van der Waals surface area contributed by atoms with Gasteiger partial charge in [0.1, 0.15) is 0 Å². The first-order chi connectivity index (χ1) is 7.20. The van der Waals surface area contributed by atoms with Crippen molar-refractivity contribution in [1.82, 2.24) is 16.0 Å². The second kappa shape index (κ2) is 9.45. The van der Waals surface area contributed by atoms with E-state index in [1.807, 2.05) is 6.92 Å². The van der Waals surface area contributed by atoms with Crippen LogP contribution in [0.5, 0.6) is 0 Å². The van der Waals surface area contributed by atoms with Crippen LogP contribution in [0, 0.1) is 0 Å². The lowest BCUT2D eigenvalue weighted by atomic mass is 10.3. The molecule has 88 valence electrons. The quantitative estimate of drug-likeness (QED) is 0.484. The molecule has 0 saturated carbocycles. The molecule has 0 fully saturated rings. The van der Waals surface area contributed by atoms with Crippen LogP contribution in [0.3, 0.4) is 0 Å². The van der Waals surface area contributed by atoms with Crippen LogP contribution in [-0.2, 0) is 9.59 Å². The molecule has 0 aromatic heterocycles. The molecule has 0 heterocycles. The zero-order valence-corrected chi connectivity index (χ0v) is 9.56. The van der Waals surface area contributed by atoms with Gasteiger partial charge in [-0.2, -0.15) is 0 Å². The predicted octanol–water partition coefficient (Wildman–Crippen LogP) is -0.372. The Morgan fingerprint density at radius 1 is 1.07 bits per heavy atom. The third-order valence-electron chi connectivity index (χ3n) is 1.94. The lowest BCUT2D eigenvalue weighted by Gasteiger charge is -2.04. The van der Waals surface area contributed by atoms with Gasteiger partial charge in [-0.25, -0.2) is 0 Å².